The smallest absolute Gasteiger partial charge is 0.305 e. The fraction of sp³-hybridized carbons (Fsp3) is 0.945. The van der Waals surface area contributed by atoms with Gasteiger partial charge in [0.1, 0.15) is 0 Å². The van der Waals surface area contributed by atoms with Gasteiger partial charge in [-0.25, -0.2) is 0 Å². The van der Waals surface area contributed by atoms with E-state index < -0.39 is 12.1 Å². The predicted octanol–water partition coefficient (Wildman–Crippen LogP) is 23.5. The van der Waals surface area contributed by atoms with Crippen LogP contribution in [-0.2, 0) is 14.3 Å². The lowest BCUT2D eigenvalue weighted by molar-refractivity contribution is -0.143. The van der Waals surface area contributed by atoms with Gasteiger partial charge in [-0.15, -0.1) is 0 Å². The van der Waals surface area contributed by atoms with E-state index in [0.717, 1.165) is 44.9 Å². The summed E-state index contributed by atoms with van der Waals surface area (Å²) in [5, 5.41) is 23.5. The van der Waals surface area contributed by atoms with Crippen molar-refractivity contribution in [1.82, 2.24) is 5.32 Å². The molecule has 0 saturated heterocycles. The summed E-state index contributed by atoms with van der Waals surface area (Å²) in [5.41, 5.74) is 0. The van der Waals surface area contributed by atoms with Crippen LogP contribution in [0.25, 0.3) is 0 Å². The fourth-order valence-corrected chi connectivity index (χ4v) is 11.8. The Kier molecular flexibility index (Phi) is 67.9. The Balaban J connectivity index is 3.38. The molecule has 79 heavy (non-hydrogen) atoms. The van der Waals surface area contributed by atoms with E-state index in [4.69, 9.17) is 4.74 Å². The van der Waals surface area contributed by atoms with Gasteiger partial charge in [-0.05, 0) is 51.4 Å². The lowest BCUT2D eigenvalue weighted by Crippen LogP contribution is -2.45. The number of carbonyl (C=O) groups is 2. The zero-order valence-corrected chi connectivity index (χ0v) is 53.9. The van der Waals surface area contributed by atoms with Crippen molar-refractivity contribution in [2.75, 3.05) is 13.2 Å². The predicted molar refractivity (Wildman–Crippen MR) is 347 cm³/mol. The van der Waals surface area contributed by atoms with Gasteiger partial charge in [0, 0.05) is 12.8 Å². The summed E-state index contributed by atoms with van der Waals surface area (Å²) in [6.45, 7) is 4.99. The maximum absolute atomic E-state index is 12.6. The first-order valence-corrected chi connectivity index (χ1v) is 36.4. The van der Waals surface area contributed by atoms with Crippen molar-refractivity contribution < 1.29 is 24.5 Å². The van der Waals surface area contributed by atoms with Crippen molar-refractivity contribution in [3.63, 3.8) is 0 Å². The number of amides is 1. The molecule has 0 aliphatic rings. The summed E-state index contributed by atoms with van der Waals surface area (Å²) in [7, 11) is 0. The number of hydrogen-bond acceptors (Lipinski definition) is 5. The Labute approximate surface area is 495 Å². The largest absolute Gasteiger partial charge is 0.466 e. The number of esters is 1. The molecule has 0 saturated carbocycles. The molecular weight excluding hydrogens is 971 g/mol. The Morgan fingerprint density at radius 1 is 0.342 bits per heavy atom. The van der Waals surface area contributed by atoms with Crippen LogP contribution in [0.4, 0.5) is 0 Å². The van der Waals surface area contributed by atoms with Gasteiger partial charge in [0.05, 0.1) is 25.4 Å². The van der Waals surface area contributed by atoms with Gasteiger partial charge in [0.2, 0.25) is 5.91 Å². The summed E-state index contributed by atoms with van der Waals surface area (Å²) in [5.74, 6) is -0.0220. The molecule has 1 amide bonds. The van der Waals surface area contributed by atoms with Crippen LogP contribution >= 0.6 is 0 Å². The van der Waals surface area contributed by atoms with Crippen molar-refractivity contribution in [3.05, 3.63) is 12.2 Å². The van der Waals surface area contributed by atoms with Crippen LogP contribution in [0.2, 0.25) is 0 Å². The Morgan fingerprint density at radius 2 is 0.595 bits per heavy atom. The number of aliphatic hydroxyl groups is 2. The molecule has 0 rings (SSSR count). The van der Waals surface area contributed by atoms with E-state index >= 15 is 0 Å². The molecule has 0 aromatic heterocycles. The molecule has 0 aromatic carbocycles. The molecule has 6 nitrogen and oxygen atoms in total. The Morgan fingerprint density at radius 3 is 0.899 bits per heavy atom. The highest BCUT2D eigenvalue weighted by Crippen LogP contribution is 2.19. The Hall–Kier alpha value is -1.40. The summed E-state index contributed by atoms with van der Waals surface area (Å²) in [4.78, 5) is 24.7. The van der Waals surface area contributed by atoms with Crippen molar-refractivity contribution in [2.24, 2.45) is 0 Å². The van der Waals surface area contributed by atoms with Gasteiger partial charge in [-0.1, -0.05) is 366 Å². The highest BCUT2D eigenvalue weighted by atomic mass is 16.5. The van der Waals surface area contributed by atoms with Gasteiger partial charge >= 0.3 is 5.97 Å². The average Bonchev–Trinajstić information content (AvgIpc) is 3.45. The minimum atomic E-state index is -0.667. The zero-order valence-electron chi connectivity index (χ0n) is 53.9. The van der Waals surface area contributed by atoms with Gasteiger partial charge in [0.25, 0.3) is 0 Å². The van der Waals surface area contributed by atoms with Crippen molar-refractivity contribution in [2.45, 2.75) is 431 Å². The van der Waals surface area contributed by atoms with Crippen LogP contribution in [0.15, 0.2) is 12.2 Å². The molecule has 0 aromatic rings. The number of hydrogen-bond donors (Lipinski definition) is 3. The first-order chi connectivity index (χ1) is 39.0. The van der Waals surface area contributed by atoms with Crippen molar-refractivity contribution in [3.8, 4) is 0 Å². The first kappa shape index (κ1) is 77.6. The number of ether oxygens (including phenoxy) is 1. The molecule has 470 valence electrons. The Bertz CT molecular complexity index is 1190. The molecule has 3 N–H and O–H groups in total. The molecule has 0 bridgehead atoms. The van der Waals surface area contributed by atoms with E-state index in [-0.39, 0.29) is 18.5 Å². The van der Waals surface area contributed by atoms with Crippen LogP contribution in [0.5, 0.6) is 0 Å². The molecule has 0 radical (unpaired) electrons. The summed E-state index contributed by atoms with van der Waals surface area (Å²) >= 11 is 0. The van der Waals surface area contributed by atoms with E-state index in [0.29, 0.717) is 25.9 Å². The van der Waals surface area contributed by atoms with Gasteiger partial charge in [-0.3, -0.25) is 9.59 Å². The fourth-order valence-electron chi connectivity index (χ4n) is 11.8. The molecule has 6 heteroatoms. The van der Waals surface area contributed by atoms with E-state index in [1.807, 2.05) is 0 Å². The second kappa shape index (κ2) is 69.1. The monoisotopic (exact) mass is 1110 g/mol. The minimum Gasteiger partial charge on any atom is -0.466 e. The maximum atomic E-state index is 12.6. The number of rotatable bonds is 69. The van der Waals surface area contributed by atoms with Gasteiger partial charge in [-0.2, -0.15) is 0 Å². The number of allylic oxidation sites excluding steroid dienone is 2. The number of nitrogens with one attached hydrogen (secondary N) is 1. The topological polar surface area (TPSA) is 95.9 Å². The molecule has 2 unspecified atom stereocenters. The minimum absolute atomic E-state index is 0.0103. The molecule has 2 atom stereocenters. The summed E-state index contributed by atoms with van der Waals surface area (Å²) in [6.07, 6.45) is 85.4. The van der Waals surface area contributed by atoms with E-state index in [2.05, 4.69) is 31.3 Å². The standard InChI is InChI=1S/C73H143NO5/c1-3-5-7-9-11-13-15-17-19-21-23-24-25-26-27-30-33-37-41-45-49-53-57-61-65-71(76)70(69-75)74-72(77)66-62-58-54-50-46-42-38-34-31-28-32-36-40-44-48-52-56-60-64-68-79-73(78)67-63-59-55-51-47-43-39-35-29-22-20-18-16-14-12-10-8-6-4-2/h18,20,70-71,75-76H,3-17,19,21-69H2,1-2H3,(H,74,77)/b20-18-. The molecule has 0 heterocycles. The number of carbonyl (C=O) groups excluding carboxylic acids is 2. The molecule has 0 spiro atoms. The lowest BCUT2D eigenvalue weighted by Gasteiger charge is -2.22. The quantitative estimate of drug-likeness (QED) is 0.0320. The van der Waals surface area contributed by atoms with Crippen LogP contribution in [0, 0.1) is 0 Å². The number of unbranched alkanes of at least 4 members (excludes halogenated alkanes) is 56. The SMILES string of the molecule is CCCCCCCC/C=C\CCCCCCCCCCCC(=O)OCCCCCCCCCCCCCCCCCCCCCC(=O)NC(CO)C(O)CCCCCCCCCCCCCCCCCCCCCCCCCC. The second-order valence-corrected chi connectivity index (χ2v) is 25.3. The third kappa shape index (κ3) is 65.6. The highest BCUT2D eigenvalue weighted by molar-refractivity contribution is 5.76. The second-order valence-electron chi connectivity index (χ2n) is 25.3. The summed E-state index contributed by atoms with van der Waals surface area (Å²) in [6, 6.07) is -0.545. The molecule has 0 aliphatic carbocycles. The normalized spacial score (nSPS) is 12.5. The van der Waals surface area contributed by atoms with Crippen molar-refractivity contribution >= 4 is 11.9 Å². The van der Waals surface area contributed by atoms with Gasteiger partial charge in [0.15, 0.2) is 0 Å². The molecule has 0 fully saturated rings. The van der Waals surface area contributed by atoms with Crippen molar-refractivity contribution in [1.29, 1.82) is 0 Å². The molecule has 0 aliphatic heterocycles. The summed E-state index contributed by atoms with van der Waals surface area (Å²) < 4.78 is 5.51. The third-order valence-corrected chi connectivity index (χ3v) is 17.3. The van der Waals surface area contributed by atoms with E-state index in [9.17, 15) is 19.8 Å². The third-order valence-electron chi connectivity index (χ3n) is 17.3. The lowest BCUT2D eigenvalue weighted by atomic mass is 10.0. The van der Waals surface area contributed by atoms with E-state index in [1.165, 1.54) is 340 Å². The first-order valence-electron chi connectivity index (χ1n) is 36.4. The number of aliphatic hydroxyl groups excluding tert-OH is 2. The van der Waals surface area contributed by atoms with Gasteiger partial charge < -0.3 is 20.3 Å². The highest BCUT2D eigenvalue weighted by Gasteiger charge is 2.20. The van der Waals surface area contributed by atoms with Crippen LogP contribution in [0.3, 0.4) is 0 Å². The van der Waals surface area contributed by atoms with Crippen LogP contribution < -0.4 is 5.32 Å². The zero-order chi connectivity index (χ0) is 57.1. The van der Waals surface area contributed by atoms with Crippen LogP contribution in [0.1, 0.15) is 418 Å². The molecular formula is C73H143NO5. The van der Waals surface area contributed by atoms with Crippen LogP contribution in [-0.4, -0.2) is 47.4 Å². The maximum Gasteiger partial charge on any atom is 0.305 e. The van der Waals surface area contributed by atoms with E-state index in [1.54, 1.807) is 0 Å². The average molecular weight is 1110 g/mol.